The summed E-state index contributed by atoms with van der Waals surface area (Å²) in [6.45, 7) is 3.97. The second-order valence-electron chi connectivity index (χ2n) is 6.15. The number of nitro groups is 1. The lowest BCUT2D eigenvalue weighted by atomic mass is 10.2. The molecule has 1 amide bonds. The third-order valence-electron chi connectivity index (χ3n) is 4.27. The van der Waals surface area contributed by atoms with E-state index >= 15 is 0 Å². The molecule has 9 heteroatoms. The summed E-state index contributed by atoms with van der Waals surface area (Å²) >= 11 is 1.30. The number of aryl methyl sites for hydroxylation is 1. The quantitative estimate of drug-likeness (QED) is 0.350. The fourth-order valence-electron chi connectivity index (χ4n) is 2.79. The molecule has 0 saturated heterocycles. The van der Waals surface area contributed by atoms with Crippen molar-refractivity contribution >= 4 is 39.1 Å². The highest BCUT2D eigenvalue weighted by Crippen LogP contribution is 2.20. The molecule has 0 aliphatic heterocycles. The average Bonchev–Trinajstić information content (AvgIpc) is 3.04. The van der Waals surface area contributed by atoms with Gasteiger partial charge < -0.3 is 9.30 Å². The van der Waals surface area contributed by atoms with Crippen LogP contribution in [0.25, 0.3) is 10.2 Å². The van der Waals surface area contributed by atoms with Gasteiger partial charge in [0.25, 0.3) is 11.6 Å². The molecule has 29 heavy (non-hydrogen) atoms. The number of nitrogens with zero attached hydrogens (tertiary/aromatic N) is 3. The van der Waals surface area contributed by atoms with Crippen LogP contribution in [0.4, 0.5) is 5.69 Å². The van der Waals surface area contributed by atoms with Gasteiger partial charge in [0.2, 0.25) is 0 Å². The molecule has 8 nitrogen and oxygen atoms in total. The van der Waals surface area contributed by atoms with Gasteiger partial charge in [-0.25, -0.2) is 0 Å². The van der Waals surface area contributed by atoms with Gasteiger partial charge in [0.1, 0.15) is 6.54 Å². The number of hydrogen-bond acceptors (Lipinski definition) is 6. The molecule has 3 aromatic rings. The lowest BCUT2D eigenvalue weighted by molar-refractivity contribution is -0.384. The van der Waals surface area contributed by atoms with Crippen LogP contribution in [0, 0.1) is 10.1 Å². The van der Waals surface area contributed by atoms with Gasteiger partial charge in [-0.2, -0.15) is 4.99 Å². The van der Waals surface area contributed by atoms with E-state index in [2.05, 4.69) is 4.99 Å². The average molecular weight is 413 g/mol. The first-order valence-electron chi connectivity index (χ1n) is 9.04. The first kappa shape index (κ1) is 20.4. The Balaban J connectivity index is 2.06. The first-order chi connectivity index (χ1) is 13.9. The summed E-state index contributed by atoms with van der Waals surface area (Å²) in [6.07, 6.45) is 0.861. The molecule has 150 valence electrons. The minimum atomic E-state index is -0.542. The van der Waals surface area contributed by atoms with Crippen molar-refractivity contribution in [1.82, 2.24) is 4.57 Å². The van der Waals surface area contributed by atoms with E-state index in [1.54, 1.807) is 11.5 Å². The predicted molar refractivity (Wildman–Crippen MR) is 109 cm³/mol. The van der Waals surface area contributed by atoms with Crippen molar-refractivity contribution in [3.63, 3.8) is 0 Å². The smallest absolute Gasteiger partial charge is 0.326 e. The summed E-state index contributed by atoms with van der Waals surface area (Å²) in [5, 5.41) is 10.8. The number of fused-ring (bicyclic) bond motifs is 1. The van der Waals surface area contributed by atoms with Crippen molar-refractivity contribution in [2.24, 2.45) is 4.99 Å². The van der Waals surface area contributed by atoms with E-state index in [-0.39, 0.29) is 24.4 Å². The van der Waals surface area contributed by atoms with Crippen molar-refractivity contribution in [2.45, 2.75) is 26.8 Å². The Labute approximate surface area is 170 Å². The van der Waals surface area contributed by atoms with Crippen LogP contribution in [0.1, 0.15) is 29.8 Å². The third kappa shape index (κ3) is 4.57. The van der Waals surface area contributed by atoms with Gasteiger partial charge in [-0.15, -0.1) is 0 Å². The Kier molecular flexibility index (Phi) is 6.18. The summed E-state index contributed by atoms with van der Waals surface area (Å²) in [7, 11) is 0. The SMILES string of the molecule is CCOC(=O)Cn1c(=NC(=O)c2ccc([N+](=O)[O-])cc2)sc2cc(CC)ccc21. The van der Waals surface area contributed by atoms with Gasteiger partial charge >= 0.3 is 5.97 Å². The number of rotatable bonds is 6. The van der Waals surface area contributed by atoms with Gasteiger partial charge in [-0.3, -0.25) is 19.7 Å². The van der Waals surface area contributed by atoms with Crippen molar-refractivity contribution < 1.29 is 19.2 Å². The van der Waals surface area contributed by atoms with Gasteiger partial charge in [0, 0.05) is 17.7 Å². The van der Waals surface area contributed by atoms with Crippen molar-refractivity contribution in [1.29, 1.82) is 0 Å². The fourth-order valence-corrected chi connectivity index (χ4v) is 3.88. The molecule has 0 bridgehead atoms. The highest BCUT2D eigenvalue weighted by Gasteiger charge is 2.14. The molecule has 1 aromatic heterocycles. The molecule has 0 aliphatic carbocycles. The highest BCUT2D eigenvalue weighted by atomic mass is 32.1. The Morgan fingerprint density at radius 2 is 1.90 bits per heavy atom. The van der Waals surface area contributed by atoms with Gasteiger partial charge in [0.15, 0.2) is 4.80 Å². The number of ether oxygens (including phenoxy) is 1. The molecule has 0 atom stereocenters. The van der Waals surface area contributed by atoms with Crippen LogP contribution in [-0.4, -0.2) is 28.0 Å². The third-order valence-corrected chi connectivity index (χ3v) is 5.31. The molecule has 0 fully saturated rings. The molecular weight excluding hydrogens is 394 g/mol. The number of benzene rings is 2. The molecule has 0 unspecified atom stereocenters. The maximum atomic E-state index is 12.6. The number of carbonyl (C=O) groups is 2. The lowest BCUT2D eigenvalue weighted by Gasteiger charge is -2.05. The predicted octanol–water partition coefficient (Wildman–Crippen LogP) is 3.48. The summed E-state index contributed by atoms with van der Waals surface area (Å²) in [6, 6.07) is 11.1. The van der Waals surface area contributed by atoms with E-state index in [0.29, 0.717) is 4.80 Å². The summed E-state index contributed by atoms with van der Waals surface area (Å²) in [5.41, 5.74) is 2.05. The van der Waals surface area contributed by atoms with Crippen LogP contribution in [0.2, 0.25) is 0 Å². The Morgan fingerprint density at radius 1 is 1.17 bits per heavy atom. The Bertz CT molecular complexity index is 1150. The summed E-state index contributed by atoms with van der Waals surface area (Å²) in [5.74, 6) is -0.962. The van der Waals surface area contributed by atoms with Crippen LogP contribution in [0.3, 0.4) is 0 Å². The number of nitro benzene ring substituents is 1. The number of non-ortho nitro benzene ring substituents is 1. The standard InChI is InChI=1S/C20H19N3O5S/c1-3-13-5-10-16-17(11-13)29-20(22(16)12-18(24)28-4-2)21-19(25)14-6-8-15(9-7-14)23(26)27/h5-11H,3-4,12H2,1-2H3. The molecular formula is C20H19N3O5S. The van der Waals surface area contributed by atoms with Crippen LogP contribution < -0.4 is 4.80 Å². The van der Waals surface area contributed by atoms with E-state index in [1.165, 1.54) is 35.6 Å². The molecule has 1 heterocycles. The van der Waals surface area contributed by atoms with E-state index < -0.39 is 16.8 Å². The van der Waals surface area contributed by atoms with Gasteiger partial charge in [-0.05, 0) is 43.2 Å². The summed E-state index contributed by atoms with van der Waals surface area (Å²) in [4.78, 5) is 39.4. The molecule has 2 aromatic carbocycles. The first-order valence-corrected chi connectivity index (χ1v) is 9.86. The number of thiazole rings is 1. The van der Waals surface area contributed by atoms with Gasteiger partial charge in [0.05, 0.1) is 21.7 Å². The molecule has 3 rings (SSSR count). The molecule has 0 N–H and O–H groups in total. The molecule has 0 radical (unpaired) electrons. The number of hydrogen-bond donors (Lipinski definition) is 0. The van der Waals surface area contributed by atoms with Gasteiger partial charge in [-0.1, -0.05) is 24.3 Å². The van der Waals surface area contributed by atoms with Crippen molar-refractivity contribution in [3.05, 3.63) is 68.5 Å². The fraction of sp³-hybridized carbons (Fsp3) is 0.250. The second-order valence-corrected chi connectivity index (χ2v) is 7.16. The lowest BCUT2D eigenvalue weighted by Crippen LogP contribution is -2.23. The number of esters is 1. The van der Waals surface area contributed by atoms with Crippen LogP contribution in [-0.2, 0) is 22.5 Å². The van der Waals surface area contributed by atoms with Crippen molar-refractivity contribution in [2.75, 3.05) is 6.61 Å². The Morgan fingerprint density at radius 3 is 2.52 bits per heavy atom. The van der Waals surface area contributed by atoms with Crippen molar-refractivity contribution in [3.8, 4) is 0 Å². The molecule has 0 saturated carbocycles. The summed E-state index contributed by atoms with van der Waals surface area (Å²) < 4.78 is 7.60. The van der Waals surface area contributed by atoms with Crippen LogP contribution >= 0.6 is 11.3 Å². The zero-order valence-corrected chi connectivity index (χ0v) is 16.8. The monoisotopic (exact) mass is 413 g/mol. The van der Waals surface area contributed by atoms with E-state index in [9.17, 15) is 19.7 Å². The Hall–Kier alpha value is -3.33. The second kappa shape index (κ2) is 8.78. The number of carbonyl (C=O) groups excluding carboxylic acids is 2. The van der Waals surface area contributed by atoms with Crippen LogP contribution in [0.15, 0.2) is 47.5 Å². The minimum absolute atomic E-state index is 0.0638. The topological polar surface area (TPSA) is 104 Å². The maximum absolute atomic E-state index is 12.6. The normalized spacial score (nSPS) is 11.6. The van der Waals surface area contributed by atoms with E-state index in [0.717, 1.165) is 22.2 Å². The zero-order chi connectivity index (χ0) is 21.0. The largest absolute Gasteiger partial charge is 0.465 e. The van der Waals surface area contributed by atoms with Crippen LogP contribution in [0.5, 0.6) is 0 Å². The maximum Gasteiger partial charge on any atom is 0.326 e. The van der Waals surface area contributed by atoms with E-state index in [4.69, 9.17) is 4.74 Å². The number of amides is 1. The molecule has 0 spiro atoms. The minimum Gasteiger partial charge on any atom is -0.465 e. The zero-order valence-electron chi connectivity index (χ0n) is 16.0. The number of aromatic nitrogens is 1. The highest BCUT2D eigenvalue weighted by molar-refractivity contribution is 7.16. The molecule has 0 aliphatic rings. The van der Waals surface area contributed by atoms with E-state index in [1.807, 2.05) is 25.1 Å².